The Morgan fingerprint density at radius 2 is 1.92 bits per heavy atom. The van der Waals surface area contributed by atoms with Gasteiger partial charge in [-0.25, -0.2) is 0 Å². The molecule has 3 rings (SSSR count). The van der Waals surface area contributed by atoms with Crippen molar-refractivity contribution >= 4 is 10.8 Å². The molecular weight excluding hydrogens is 318 g/mol. The Balaban J connectivity index is 1.78. The minimum atomic E-state index is -0.933. The molecule has 0 heterocycles. The highest BCUT2D eigenvalue weighted by Gasteiger charge is 2.27. The SMILES string of the molecule is CS(=O)c1ccc(CN(CCCO)C2CCc3ccccc32)cc1. The Hall–Kier alpha value is -1.49. The number of hydrogen-bond acceptors (Lipinski definition) is 3. The molecule has 0 radical (unpaired) electrons. The zero-order valence-corrected chi connectivity index (χ0v) is 15.0. The monoisotopic (exact) mass is 343 g/mol. The first-order chi connectivity index (χ1) is 11.7. The van der Waals surface area contributed by atoms with E-state index in [4.69, 9.17) is 0 Å². The molecule has 0 amide bonds. The number of benzene rings is 2. The van der Waals surface area contributed by atoms with Gasteiger partial charge < -0.3 is 5.11 Å². The second-order valence-electron chi connectivity index (χ2n) is 6.40. The fourth-order valence-electron chi connectivity index (χ4n) is 3.55. The average molecular weight is 343 g/mol. The summed E-state index contributed by atoms with van der Waals surface area (Å²) in [5.74, 6) is 0. The van der Waals surface area contributed by atoms with E-state index in [1.807, 2.05) is 12.1 Å². The lowest BCUT2D eigenvalue weighted by atomic mass is 10.1. The third-order valence-electron chi connectivity index (χ3n) is 4.79. The number of nitrogens with zero attached hydrogens (tertiary/aromatic N) is 1. The van der Waals surface area contributed by atoms with Gasteiger partial charge in [-0.2, -0.15) is 0 Å². The van der Waals surface area contributed by atoms with Gasteiger partial charge in [0.1, 0.15) is 0 Å². The van der Waals surface area contributed by atoms with Crippen molar-refractivity contribution in [3.63, 3.8) is 0 Å². The summed E-state index contributed by atoms with van der Waals surface area (Å²) in [6.45, 7) is 1.96. The molecule has 2 aromatic rings. The van der Waals surface area contributed by atoms with Gasteiger partial charge in [0, 0.05) is 47.7 Å². The lowest BCUT2D eigenvalue weighted by Gasteiger charge is -2.29. The maximum absolute atomic E-state index is 11.5. The van der Waals surface area contributed by atoms with Crippen molar-refractivity contribution < 1.29 is 9.32 Å². The van der Waals surface area contributed by atoms with Crippen LogP contribution in [0.25, 0.3) is 0 Å². The quantitative estimate of drug-likeness (QED) is 0.839. The van der Waals surface area contributed by atoms with E-state index in [0.29, 0.717) is 6.04 Å². The van der Waals surface area contributed by atoms with Crippen LogP contribution in [0.4, 0.5) is 0 Å². The van der Waals surface area contributed by atoms with Crippen LogP contribution in [-0.4, -0.2) is 33.6 Å². The van der Waals surface area contributed by atoms with E-state index in [0.717, 1.165) is 37.2 Å². The van der Waals surface area contributed by atoms with Crippen molar-refractivity contribution in [3.05, 3.63) is 65.2 Å². The molecule has 0 spiro atoms. The molecule has 128 valence electrons. The molecule has 2 atom stereocenters. The Labute approximate surface area is 146 Å². The molecule has 2 unspecified atom stereocenters. The van der Waals surface area contributed by atoms with Crippen molar-refractivity contribution in [2.75, 3.05) is 19.4 Å². The Morgan fingerprint density at radius 1 is 1.17 bits per heavy atom. The molecule has 2 aromatic carbocycles. The van der Waals surface area contributed by atoms with E-state index in [9.17, 15) is 9.32 Å². The Kier molecular flexibility index (Phi) is 5.82. The van der Waals surface area contributed by atoms with Gasteiger partial charge in [-0.3, -0.25) is 9.11 Å². The van der Waals surface area contributed by atoms with Gasteiger partial charge in [0.15, 0.2) is 0 Å². The Bertz CT molecular complexity index is 699. The van der Waals surface area contributed by atoms with Gasteiger partial charge in [-0.05, 0) is 48.1 Å². The first-order valence-electron chi connectivity index (χ1n) is 8.54. The second kappa shape index (κ2) is 8.06. The highest BCUT2D eigenvalue weighted by atomic mass is 32.2. The number of aliphatic hydroxyl groups is 1. The molecule has 4 heteroatoms. The minimum absolute atomic E-state index is 0.221. The Morgan fingerprint density at radius 3 is 2.62 bits per heavy atom. The number of aryl methyl sites for hydroxylation is 1. The van der Waals surface area contributed by atoms with Crippen molar-refractivity contribution in [3.8, 4) is 0 Å². The van der Waals surface area contributed by atoms with Gasteiger partial charge in [-0.1, -0.05) is 36.4 Å². The molecule has 1 aliphatic rings. The average Bonchev–Trinajstić information content (AvgIpc) is 3.03. The van der Waals surface area contributed by atoms with Crippen LogP contribution in [0.1, 0.15) is 35.6 Å². The van der Waals surface area contributed by atoms with Gasteiger partial charge in [0.25, 0.3) is 0 Å². The van der Waals surface area contributed by atoms with Crippen LogP contribution in [0, 0.1) is 0 Å². The fraction of sp³-hybridized carbons (Fsp3) is 0.400. The summed E-state index contributed by atoms with van der Waals surface area (Å²) in [5.41, 5.74) is 4.11. The molecule has 0 saturated heterocycles. The largest absolute Gasteiger partial charge is 0.396 e. The first-order valence-corrected chi connectivity index (χ1v) is 10.1. The van der Waals surface area contributed by atoms with Crippen LogP contribution in [0.5, 0.6) is 0 Å². The summed E-state index contributed by atoms with van der Waals surface area (Å²) >= 11 is 0. The highest BCUT2D eigenvalue weighted by Crippen LogP contribution is 2.36. The molecule has 0 bridgehead atoms. The first kappa shape index (κ1) is 17.3. The molecule has 1 N–H and O–H groups in total. The van der Waals surface area contributed by atoms with Crippen LogP contribution in [0.15, 0.2) is 53.4 Å². The van der Waals surface area contributed by atoms with Crippen molar-refractivity contribution in [1.82, 2.24) is 4.90 Å². The second-order valence-corrected chi connectivity index (χ2v) is 7.78. The number of hydrogen-bond donors (Lipinski definition) is 1. The molecule has 0 aliphatic heterocycles. The molecule has 0 fully saturated rings. The van der Waals surface area contributed by atoms with Gasteiger partial charge in [-0.15, -0.1) is 0 Å². The van der Waals surface area contributed by atoms with E-state index < -0.39 is 10.8 Å². The van der Waals surface area contributed by atoms with Gasteiger partial charge in [0.05, 0.1) is 0 Å². The van der Waals surface area contributed by atoms with Crippen LogP contribution in [0.3, 0.4) is 0 Å². The highest BCUT2D eigenvalue weighted by molar-refractivity contribution is 7.84. The summed E-state index contributed by atoms with van der Waals surface area (Å²) in [6.07, 6.45) is 4.76. The molecule has 0 saturated carbocycles. The molecule has 3 nitrogen and oxygen atoms in total. The lowest BCUT2D eigenvalue weighted by Crippen LogP contribution is -2.28. The number of aliphatic hydroxyl groups excluding tert-OH is 1. The predicted molar refractivity (Wildman–Crippen MR) is 98.4 cm³/mol. The van der Waals surface area contributed by atoms with Crippen LogP contribution in [0.2, 0.25) is 0 Å². The number of rotatable bonds is 7. The van der Waals surface area contributed by atoms with E-state index in [2.05, 4.69) is 41.3 Å². The third-order valence-corrected chi connectivity index (χ3v) is 5.72. The summed E-state index contributed by atoms with van der Waals surface area (Å²) in [6, 6.07) is 17.2. The van der Waals surface area contributed by atoms with E-state index in [-0.39, 0.29) is 6.61 Å². The molecule has 0 aromatic heterocycles. The van der Waals surface area contributed by atoms with Crippen molar-refractivity contribution in [2.45, 2.75) is 36.7 Å². The summed E-state index contributed by atoms with van der Waals surface area (Å²) < 4.78 is 11.5. The smallest absolute Gasteiger partial charge is 0.0498 e. The summed E-state index contributed by atoms with van der Waals surface area (Å²) in [7, 11) is -0.933. The van der Waals surface area contributed by atoms with Crippen LogP contribution < -0.4 is 0 Å². The standard InChI is InChI=1S/C20H25NO2S/c1-24(23)18-10-7-16(8-11-18)15-21(13-4-14-22)20-12-9-17-5-2-3-6-19(17)20/h2-3,5-8,10-11,20,22H,4,9,12-15H2,1H3. The zero-order valence-electron chi connectivity index (χ0n) is 14.1. The lowest BCUT2D eigenvalue weighted by molar-refractivity contribution is 0.166. The zero-order chi connectivity index (χ0) is 16.9. The number of fused-ring (bicyclic) bond motifs is 1. The fourth-order valence-corrected chi connectivity index (χ4v) is 4.07. The summed E-state index contributed by atoms with van der Waals surface area (Å²) in [4.78, 5) is 3.34. The third kappa shape index (κ3) is 3.94. The topological polar surface area (TPSA) is 40.5 Å². The molecule has 1 aliphatic carbocycles. The maximum atomic E-state index is 11.5. The minimum Gasteiger partial charge on any atom is -0.396 e. The molecular formula is C20H25NO2S. The van der Waals surface area contributed by atoms with Crippen molar-refractivity contribution in [2.24, 2.45) is 0 Å². The van der Waals surface area contributed by atoms with E-state index >= 15 is 0 Å². The van der Waals surface area contributed by atoms with Crippen molar-refractivity contribution in [1.29, 1.82) is 0 Å². The van der Waals surface area contributed by atoms with E-state index in [1.165, 1.54) is 16.7 Å². The van der Waals surface area contributed by atoms with Crippen LogP contribution in [-0.2, 0) is 23.8 Å². The predicted octanol–water partition coefficient (Wildman–Crippen LogP) is 3.30. The van der Waals surface area contributed by atoms with Gasteiger partial charge in [0.2, 0.25) is 0 Å². The van der Waals surface area contributed by atoms with E-state index in [1.54, 1.807) is 6.26 Å². The molecule has 24 heavy (non-hydrogen) atoms. The van der Waals surface area contributed by atoms with Crippen LogP contribution >= 0.6 is 0 Å². The summed E-state index contributed by atoms with van der Waals surface area (Å²) in [5, 5.41) is 9.26. The van der Waals surface area contributed by atoms with Gasteiger partial charge >= 0.3 is 0 Å². The maximum Gasteiger partial charge on any atom is 0.0498 e. The normalized spacial score (nSPS) is 17.9.